The van der Waals surface area contributed by atoms with Crippen LogP contribution in [0.15, 0.2) is 78.9 Å². The van der Waals surface area contributed by atoms with Crippen LogP contribution in [0.5, 0.6) is 0 Å². The molecular weight excluding hydrogens is 628 g/mol. The van der Waals surface area contributed by atoms with Crippen molar-refractivity contribution in [3.05, 3.63) is 113 Å². The average Bonchev–Trinajstić information content (AvgIpc) is 3.80. The van der Waals surface area contributed by atoms with E-state index in [1.807, 2.05) is 54.3 Å². The number of fused-ring (bicyclic) bond motifs is 1. The summed E-state index contributed by atoms with van der Waals surface area (Å²) in [6.45, 7) is 7.57. The largest absolute Gasteiger partial charge is 0.394 e. The van der Waals surface area contributed by atoms with E-state index in [1.165, 1.54) is 5.56 Å². The van der Waals surface area contributed by atoms with Crippen molar-refractivity contribution < 1.29 is 19.5 Å². The molecule has 0 radical (unpaired) electrons. The van der Waals surface area contributed by atoms with E-state index in [0.717, 1.165) is 43.2 Å². The number of hydrogen-bond acceptors (Lipinski definition) is 5. The van der Waals surface area contributed by atoms with Gasteiger partial charge in [0.05, 0.1) is 23.9 Å². The van der Waals surface area contributed by atoms with Crippen molar-refractivity contribution in [1.82, 2.24) is 24.9 Å². The highest BCUT2D eigenvalue weighted by atomic mass is 16.3. The Labute approximate surface area is 294 Å². The van der Waals surface area contributed by atoms with Gasteiger partial charge in [0.15, 0.2) is 5.69 Å². The number of unbranched alkanes of at least 4 members (excludes halogenated alkanes) is 2. The molecule has 2 heterocycles. The SMILES string of the molecule is CCCCN(CCCC)C(=O)c1cc(C)n(-c2ccc(NC(=O)N[C@@H]3CC3c3ccccc3)cc2C(=O)N2Cc3ccccc3C[C@H]2CO)n1. The molecule has 3 atom stereocenters. The van der Waals surface area contributed by atoms with Crippen molar-refractivity contribution in [2.45, 2.75) is 83.8 Å². The number of nitrogens with zero attached hydrogens (tertiary/aromatic N) is 4. The summed E-state index contributed by atoms with van der Waals surface area (Å²) in [4.78, 5) is 45.0. The van der Waals surface area contributed by atoms with E-state index in [9.17, 15) is 19.5 Å². The zero-order valence-corrected chi connectivity index (χ0v) is 29.3. The van der Waals surface area contributed by atoms with E-state index in [4.69, 9.17) is 5.10 Å². The summed E-state index contributed by atoms with van der Waals surface area (Å²) < 4.78 is 1.64. The Balaban J connectivity index is 1.30. The summed E-state index contributed by atoms with van der Waals surface area (Å²) in [7, 11) is 0. The average molecular weight is 677 g/mol. The lowest BCUT2D eigenvalue weighted by Gasteiger charge is -2.36. The molecule has 10 nitrogen and oxygen atoms in total. The van der Waals surface area contributed by atoms with Gasteiger partial charge in [-0.25, -0.2) is 9.48 Å². The fourth-order valence-electron chi connectivity index (χ4n) is 6.87. The number of anilines is 1. The molecule has 2 aliphatic rings. The van der Waals surface area contributed by atoms with Crippen LogP contribution in [0.25, 0.3) is 5.69 Å². The van der Waals surface area contributed by atoms with E-state index >= 15 is 0 Å². The second-order valence-electron chi connectivity index (χ2n) is 13.5. The van der Waals surface area contributed by atoms with E-state index in [1.54, 1.807) is 33.8 Å². The van der Waals surface area contributed by atoms with E-state index in [-0.39, 0.29) is 36.4 Å². The molecule has 1 unspecified atom stereocenters. The topological polar surface area (TPSA) is 120 Å². The Kier molecular flexibility index (Phi) is 11.0. The Bertz CT molecular complexity index is 1810. The smallest absolute Gasteiger partial charge is 0.319 e. The number of urea groups is 1. The van der Waals surface area contributed by atoms with Gasteiger partial charge in [-0.3, -0.25) is 9.59 Å². The van der Waals surface area contributed by atoms with Gasteiger partial charge in [-0.2, -0.15) is 5.10 Å². The molecule has 1 aromatic heterocycles. The molecule has 1 aliphatic heterocycles. The molecule has 50 heavy (non-hydrogen) atoms. The number of amides is 4. The molecule has 0 saturated heterocycles. The Morgan fingerprint density at radius 3 is 2.32 bits per heavy atom. The minimum Gasteiger partial charge on any atom is -0.394 e. The highest BCUT2D eigenvalue weighted by molar-refractivity contribution is 6.00. The van der Waals surface area contributed by atoms with Crippen LogP contribution < -0.4 is 10.6 Å². The lowest BCUT2D eigenvalue weighted by Crippen LogP contribution is -2.46. The molecule has 4 aromatic rings. The van der Waals surface area contributed by atoms with Gasteiger partial charge >= 0.3 is 6.03 Å². The molecule has 3 N–H and O–H groups in total. The van der Waals surface area contributed by atoms with Crippen LogP contribution in [0.1, 0.15) is 95.1 Å². The van der Waals surface area contributed by atoms with Gasteiger partial charge in [0, 0.05) is 43.0 Å². The Morgan fingerprint density at radius 1 is 0.920 bits per heavy atom. The van der Waals surface area contributed by atoms with Gasteiger partial charge in [-0.05, 0) is 73.6 Å². The van der Waals surface area contributed by atoms with Crippen molar-refractivity contribution in [2.75, 3.05) is 25.0 Å². The summed E-state index contributed by atoms with van der Waals surface area (Å²) >= 11 is 0. The van der Waals surface area contributed by atoms with Crippen LogP contribution in [0.4, 0.5) is 10.5 Å². The molecule has 1 aliphatic carbocycles. The van der Waals surface area contributed by atoms with Crippen LogP contribution in [0, 0.1) is 6.92 Å². The monoisotopic (exact) mass is 676 g/mol. The number of benzene rings is 3. The van der Waals surface area contributed by atoms with Gasteiger partial charge < -0.3 is 25.5 Å². The molecule has 262 valence electrons. The lowest BCUT2D eigenvalue weighted by molar-refractivity contribution is 0.0544. The summed E-state index contributed by atoms with van der Waals surface area (Å²) in [6, 6.07) is 24.3. The van der Waals surface area contributed by atoms with Crippen molar-refractivity contribution in [3.8, 4) is 5.69 Å². The number of aliphatic hydroxyl groups is 1. The first-order chi connectivity index (χ1) is 24.3. The quantitative estimate of drug-likeness (QED) is 0.150. The lowest BCUT2D eigenvalue weighted by atomic mass is 9.93. The minimum atomic E-state index is -0.420. The van der Waals surface area contributed by atoms with E-state index < -0.39 is 6.04 Å². The van der Waals surface area contributed by atoms with Gasteiger partial charge in [-0.15, -0.1) is 0 Å². The zero-order valence-electron chi connectivity index (χ0n) is 29.3. The number of carbonyl (C=O) groups is 3. The normalized spacial score (nSPS) is 17.9. The van der Waals surface area contributed by atoms with Gasteiger partial charge in [0.25, 0.3) is 11.8 Å². The van der Waals surface area contributed by atoms with Gasteiger partial charge in [-0.1, -0.05) is 81.3 Å². The van der Waals surface area contributed by atoms with E-state index in [2.05, 4.69) is 36.6 Å². The predicted octanol–water partition coefficient (Wildman–Crippen LogP) is 6.46. The molecular formula is C40H48N6O4. The Hall–Kier alpha value is -4.96. The zero-order chi connectivity index (χ0) is 35.2. The number of hydrogen-bond donors (Lipinski definition) is 3. The van der Waals surface area contributed by atoms with Crippen LogP contribution in [-0.2, 0) is 13.0 Å². The number of carbonyl (C=O) groups excluding carboxylic acids is 3. The maximum Gasteiger partial charge on any atom is 0.319 e. The molecule has 1 saturated carbocycles. The molecule has 4 amide bonds. The minimum absolute atomic E-state index is 0.0356. The molecule has 1 fully saturated rings. The molecule has 0 bridgehead atoms. The third kappa shape index (κ3) is 7.75. The van der Waals surface area contributed by atoms with Crippen LogP contribution >= 0.6 is 0 Å². The van der Waals surface area contributed by atoms with Crippen molar-refractivity contribution in [1.29, 1.82) is 0 Å². The van der Waals surface area contributed by atoms with Crippen molar-refractivity contribution in [2.24, 2.45) is 0 Å². The van der Waals surface area contributed by atoms with Crippen LogP contribution in [0.3, 0.4) is 0 Å². The number of aliphatic hydroxyl groups excluding tert-OH is 1. The Morgan fingerprint density at radius 2 is 1.62 bits per heavy atom. The van der Waals surface area contributed by atoms with Crippen molar-refractivity contribution >= 4 is 23.5 Å². The van der Waals surface area contributed by atoms with Crippen LogP contribution in [0.2, 0.25) is 0 Å². The maximum atomic E-state index is 14.6. The number of rotatable bonds is 13. The first kappa shape index (κ1) is 34.9. The molecule has 10 heteroatoms. The van der Waals surface area contributed by atoms with Crippen LogP contribution in [-0.4, -0.2) is 74.3 Å². The first-order valence-corrected chi connectivity index (χ1v) is 17.9. The predicted molar refractivity (Wildman–Crippen MR) is 195 cm³/mol. The summed E-state index contributed by atoms with van der Waals surface area (Å²) in [5.41, 5.74) is 5.63. The fourth-order valence-corrected chi connectivity index (χ4v) is 6.87. The standard InChI is InChI=1S/C40H48N6O4/c1-4-6-19-44(20-7-5-2)39(49)36-21-27(3)46(43-36)37-18-17-31(41-40(50)42-35-24-33(35)28-13-9-8-10-14-28)23-34(37)38(48)45-25-30-16-12-11-15-29(30)22-32(45)26-47/h8-18,21,23,32-33,35,47H,4-7,19-20,22,24-26H2,1-3H3,(H2,41,42,50)/t32-,33?,35+/m0/s1. The molecule has 3 aromatic carbocycles. The molecule has 6 rings (SSSR count). The number of aryl methyl sites for hydroxylation is 1. The summed E-state index contributed by atoms with van der Waals surface area (Å²) in [5.74, 6) is -0.142. The first-order valence-electron chi connectivity index (χ1n) is 17.9. The second-order valence-corrected chi connectivity index (χ2v) is 13.5. The van der Waals surface area contributed by atoms with Gasteiger partial charge in [0.1, 0.15) is 0 Å². The summed E-state index contributed by atoms with van der Waals surface area (Å²) in [6.07, 6.45) is 5.19. The van der Waals surface area contributed by atoms with Crippen molar-refractivity contribution in [3.63, 3.8) is 0 Å². The highest BCUT2D eigenvalue weighted by Gasteiger charge is 2.39. The highest BCUT2D eigenvalue weighted by Crippen LogP contribution is 2.40. The summed E-state index contributed by atoms with van der Waals surface area (Å²) in [5, 5.41) is 21.2. The second kappa shape index (κ2) is 15.7. The number of nitrogens with one attached hydrogen (secondary N) is 2. The maximum absolute atomic E-state index is 14.6. The molecule has 0 spiro atoms. The number of aromatic nitrogens is 2. The van der Waals surface area contributed by atoms with E-state index in [0.29, 0.717) is 54.4 Å². The third-order valence-corrected chi connectivity index (χ3v) is 9.83. The fraction of sp³-hybridized carbons (Fsp3) is 0.400. The third-order valence-electron chi connectivity index (χ3n) is 9.83. The van der Waals surface area contributed by atoms with Gasteiger partial charge in [0.2, 0.25) is 0 Å².